The molecule has 1 fully saturated rings. The van der Waals surface area contributed by atoms with Crippen molar-refractivity contribution in [3.8, 4) is 0 Å². The van der Waals surface area contributed by atoms with E-state index >= 15 is 0 Å². The summed E-state index contributed by atoms with van der Waals surface area (Å²) in [6.45, 7) is 4.84. The Balaban J connectivity index is 2.35. The third-order valence-corrected chi connectivity index (χ3v) is 3.07. The lowest BCUT2D eigenvalue weighted by Crippen LogP contribution is -2.50. The number of carbonyl (C=O) groups is 2. The second kappa shape index (κ2) is 6.59. The molecule has 1 rings (SSSR count). The number of carbonyl (C=O) groups excluding carboxylic acids is 2. The maximum absolute atomic E-state index is 11.9. The molecular weight excluding hydrogens is 220 g/mol. The van der Waals surface area contributed by atoms with Gasteiger partial charge in [0.05, 0.1) is 19.6 Å². The van der Waals surface area contributed by atoms with Crippen LogP contribution in [0.15, 0.2) is 0 Å². The Morgan fingerprint density at radius 2 is 2.24 bits per heavy atom. The normalized spacial score (nSPS) is 26.1. The van der Waals surface area contributed by atoms with Gasteiger partial charge in [0.25, 0.3) is 0 Å². The third-order valence-electron chi connectivity index (χ3n) is 3.07. The Labute approximate surface area is 102 Å². The lowest BCUT2D eigenvalue weighted by molar-refractivity contribution is -0.141. The van der Waals surface area contributed by atoms with Gasteiger partial charge in [-0.1, -0.05) is 6.92 Å². The van der Waals surface area contributed by atoms with Gasteiger partial charge in [-0.3, -0.25) is 9.59 Å². The predicted molar refractivity (Wildman–Crippen MR) is 64.4 cm³/mol. The molecule has 5 nitrogen and oxygen atoms in total. The minimum Gasteiger partial charge on any atom is -0.469 e. The van der Waals surface area contributed by atoms with Crippen LogP contribution in [0.5, 0.6) is 0 Å². The van der Waals surface area contributed by atoms with E-state index in [0.717, 1.165) is 19.4 Å². The summed E-state index contributed by atoms with van der Waals surface area (Å²) in [5, 5.41) is 6.03. The summed E-state index contributed by atoms with van der Waals surface area (Å²) in [5.41, 5.74) is 0. The van der Waals surface area contributed by atoms with Crippen molar-refractivity contribution in [1.82, 2.24) is 10.6 Å². The molecule has 1 amide bonds. The highest BCUT2D eigenvalue weighted by Crippen LogP contribution is 2.15. The van der Waals surface area contributed by atoms with Crippen LogP contribution in [0.2, 0.25) is 0 Å². The van der Waals surface area contributed by atoms with E-state index in [0.29, 0.717) is 5.92 Å². The highest BCUT2D eigenvalue weighted by molar-refractivity contribution is 5.82. The number of ether oxygens (including phenoxy) is 1. The van der Waals surface area contributed by atoms with Crippen molar-refractivity contribution in [2.45, 2.75) is 45.2 Å². The summed E-state index contributed by atoms with van der Waals surface area (Å²) >= 11 is 0. The van der Waals surface area contributed by atoms with Crippen molar-refractivity contribution in [3.63, 3.8) is 0 Å². The Hall–Kier alpha value is -1.10. The van der Waals surface area contributed by atoms with Crippen LogP contribution in [0.4, 0.5) is 0 Å². The van der Waals surface area contributed by atoms with E-state index in [1.54, 1.807) is 6.92 Å². The average molecular weight is 242 g/mol. The molecule has 0 spiro atoms. The molecule has 3 atom stereocenters. The van der Waals surface area contributed by atoms with Crippen molar-refractivity contribution in [2.75, 3.05) is 13.7 Å². The van der Waals surface area contributed by atoms with Crippen molar-refractivity contribution in [3.05, 3.63) is 0 Å². The van der Waals surface area contributed by atoms with Crippen LogP contribution in [0, 0.1) is 5.92 Å². The van der Waals surface area contributed by atoms with Gasteiger partial charge in [0, 0.05) is 6.04 Å². The van der Waals surface area contributed by atoms with Crippen molar-refractivity contribution < 1.29 is 14.3 Å². The number of methoxy groups -OCH3 is 1. The summed E-state index contributed by atoms with van der Waals surface area (Å²) < 4.78 is 4.56. The molecule has 0 aromatic rings. The van der Waals surface area contributed by atoms with E-state index < -0.39 is 0 Å². The standard InChI is InChI=1S/C12H22N2O3/c1-8-4-5-13-10(6-8)12(16)14-9(2)7-11(15)17-3/h8-10,13H,4-7H2,1-3H3,(H,14,16). The van der Waals surface area contributed by atoms with E-state index in [9.17, 15) is 9.59 Å². The number of nitrogens with one attached hydrogen (secondary N) is 2. The zero-order valence-electron chi connectivity index (χ0n) is 10.8. The van der Waals surface area contributed by atoms with Gasteiger partial charge >= 0.3 is 5.97 Å². The molecule has 2 N–H and O–H groups in total. The third kappa shape index (κ3) is 4.73. The number of amides is 1. The van der Waals surface area contributed by atoms with Gasteiger partial charge in [0.15, 0.2) is 0 Å². The first-order valence-corrected chi connectivity index (χ1v) is 6.13. The number of hydrogen-bond donors (Lipinski definition) is 2. The summed E-state index contributed by atoms with van der Waals surface area (Å²) in [4.78, 5) is 22.9. The van der Waals surface area contributed by atoms with Gasteiger partial charge in [0.2, 0.25) is 5.91 Å². The summed E-state index contributed by atoms with van der Waals surface area (Å²) in [6.07, 6.45) is 2.18. The van der Waals surface area contributed by atoms with E-state index in [4.69, 9.17) is 0 Å². The van der Waals surface area contributed by atoms with Crippen LogP contribution in [0.1, 0.15) is 33.1 Å². The number of esters is 1. The van der Waals surface area contributed by atoms with Crippen LogP contribution in [0.3, 0.4) is 0 Å². The Kier molecular flexibility index (Phi) is 5.41. The molecule has 0 aromatic heterocycles. The maximum Gasteiger partial charge on any atom is 0.307 e. The smallest absolute Gasteiger partial charge is 0.307 e. The van der Waals surface area contributed by atoms with E-state index in [1.165, 1.54) is 7.11 Å². The lowest BCUT2D eigenvalue weighted by atomic mass is 9.94. The second-order valence-electron chi connectivity index (χ2n) is 4.83. The number of piperidine rings is 1. The van der Waals surface area contributed by atoms with Gasteiger partial charge in [-0.2, -0.15) is 0 Å². The molecular formula is C12H22N2O3. The molecule has 0 saturated carbocycles. The van der Waals surface area contributed by atoms with Gasteiger partial charge < -0.3 is 15.4 Å². The highest BCUT2D eigenvalue weighted by Gasteiger charge is 2.25. The molecule has 1 aliphatic heterocycles. The Bertz CT molecular complexity index is 281. The molecule has 3 unspecified atom stereocenters. The molecule has 98 valence electrons. The molecule has 1 heterocycles. The molecule has 5 heteroatoms. The van der Waals surface area contributed by atoms with Crippen LogP contribution in [-0.4, -0.2) is 37.6 Å². The molecule has 0 aliphatic carbocycles. The quantitative estimate of drug-likeness (QED) is 0.702. The fourth-order valence-corrected chi connectivity index (χ4v) is 2.04. The predicted octanol–water partition coefficient (Wildman–Crippen LogP) is 0.442. The van der Waals surface area contributed by atoms with Crippen molar-refractivity contribution >= 4 is 11.9 Å². The van der Waals surface area contributed by atoms with E-state index in [-0.39, 0.29) is 30.4 Å². The molecule has 0 bridgehead atoms. The Morgan fingerprint density at radius 3 is 2.82 bits per heavy atom. The summed E-state index contributed by atoms with van der Waals surface area (Å²) in [6, 6.07) is -0.312. The van der Waals surface area contributed by atoms with Crippen LogP contribution < -0.4 is 10.6 Å². The van der Waals surface area contributed by atoms with E-state index in [2.05, 4.69) is 22.3 Å². The highest BCUT2D eigenvalue weighted by atomic mass is 16.5. The largest absolute Gasteiger partial charge is 0.469 e. The zero-order valence-corrected chi connectivity index (χ0v) is 10.8. The monoisotopic (exact) mass is 242 g/mol. The minimum absolute atomic E-state index is 0.0204. The molecule has 17 heavy (non-hydrogen) atoms. The molecule has 1 aliphatic rings. The van der Waals surface area contributed by atoms with Crippen molar-refractivity contribution in [1.29, 1.82) is 0 Å². The first kappa shape index (κ1) is 14.0. The fraction of sp³-hybridized carbons (Fsp3) is 0.833. The minimum atomic E-state index is -0.303. The first-order valence-electron chi connectivity index (χ1n) is 6.13. The number of hydrogen-bond acceptors (Lipinski definition) is 4. The second-order valence-corrected chi connectivity index (χ2v) is 4.83. The summed E-state index contributed by atoms with van der Waals surface area (Å²) in [7, 11) is 1.35. The van der Waals surface area contributed by atoms with Gasteiger partial charge in [-0.15, -0.1) is 0 Å². The SMILES string of the molecule is COC(=O)CC(C)NC(=O)C1CC(C)CCN1. The first-order chi connectivity index (χ1) is 8.02. The van der Waals surface area contributed by atoms with Gasteiger partial charge in [0.1, 0.15) is 0 Å². The topological polar surface area (TPSA) is 67.4 Å². The van der Waals surface area contributed by atoms with Gasteiger partial charge in [-0.05, 0) is 32.2 Å². The van der Waals surface area contributed by atoms with Crippen LogP contribution in [0.25, 0.3) is 0 Å². The lowest BCUT2D eigenvalue weighted by Gasteiger charge is -2.28. The molecule has 1 saturated heterocycles. The maximum atomic E-state index is 11.9. The van der Waals surface area contributed by atoms with Crippen LogP contribution in [-0.2, 0) is 14.3 Å². The van der Waals surface area contributed by atoms with Crippen LogP contribution >= 0.6 is 0 Å². The van der Waals surface area contributed by atoms with E-state index in [1.807, 2.05) is 0 Å². The van der Waals surface area contributed by atoms with Gasteiger partial charge in [-0.25, -0.2) is 0 Å². The van der Waals surface area contributed by atoms with Crippen molar-refractivity contribution in [2.24, 2.45) is 5.92 Å². The molecule has 0 aromatic carbocycles. The molecule has 0 radical (unpaired) electrons. The zero-order chi connectivity index (χ0) is 12.8. The Morgan fingerprint density at radius 1 is 1.53 bits per heavy atom. The summed E-state index contributed by atoms with van der Waals surface area (Å²) in [5.74, 6) is 0.249. The fourth-order valence-electron chi connectivity index (χ4n) is 2.04. The number of rotatable bonds is 4. The average Bonchev–Trinajstić information content (AvgIpc) is 2.28.